The van der Waals surface area contributed by atoms with Crippen LogP contribution < -0.4 is 0 Å². The molecule has 0 amide bonds. The van der Waals surface area contributed by atoms with Crippen LogP contribution in [0, 0.1) is 5.92 Å². The monoisotopic (exact) mass is 130 g/mol. The molecule has 0 rings (SSSR count). The summed E-state index contributed by atoms with van der Waals surface area (Å²) < 4.78 is 0. The molecule has 0 fully saturated rings. The van der Waals surface area contributed by atoms with Gasteiger partial charge in [-0.2, -0.15) is 0 Å². The smallest absolute Gasteiger partial charge is 0.123 e. The Morgan fingerprint density at radius 2 is 2.38 bits per heavy atom. The SMILES string of the molecule is CCC(C=O)CC=S. The molecule has 0 aliphatic heterocycles. The fourth-order valence-electron chi connectivity index (χ4n) is 0.442. The van der Waals surface area contributed by atoms with Gasteiger partial charge >= 0.3 is 0 Å². The minimum absolute atomic E-state index is 0.160. The minimum Gasteiger partial charge on any atom is -0.303 e. The van der Waals surface area contributed by atoms with E-state index in [4.69, 9.17) is 0 Å². The molecule has 0 aromatic heterocycles. The van der Waals surface area contributed by atoms with Crippen molar-refractivity contribution in [3.05, 3.63) is 0 Å². The Morgan fingerprint density at radius 3 is 2.50 bits per heavy atom. The molecule has 0 spiro atoms. The van der Waals surface area contributed by atoms with Gasteiger partial charge in [-0.15, -0.1) is 0 Å². The van der Waals surface area contributed by atoms with Crippen LogP contribution in [0.3, 0.4) is 0 Å². The molecule has 0 aromatic rings. The molecule has 0 radical (unpaired) electrons. The minimum atomic E-state index is 0.160. The van der Waals surface area contributed by atoms with E-state index in [-0.39, 0.29) is 5.92 Å². The molecule has 1 nitrogen and oxygen atoms in total. The zero-order valence-electron chi connectivity index (χ0n) is 4.96. The summed E-state index contributed by atoms with van der Waals surface area (Å²) in [5.41, 5.74) is 0. The summed E-state index contributed by atoms with van der Waals surface area (Å²) in [5.74, 6) is 0.160. The zero-order chi connectivity index (χ0) is 6.41. The van der Waals surface area contributed by atoms with Crippen molar-refractivity contribution >= 4 is 23.9 Å². The summed E-state index contributed by atoms with van der Waals surface area (Å²) >= 11 is 4.58. The lowest BCUT2D eigenvalue weighted by Gasteiger charge is -1.98. The van der Waals surface area contributed by atoms with E-state index in [1.807, 2.05) is 6.92 Å². The van der Waals surface area contributed by atoms with E-state index >= 15 is 0 Å². The maximum absolute atomic E-state index is 10.1. The first-order valence-electron chi connectivity index (χ1n) is 2.74. The third-order valence-electron chi connectivity index (χ3n) is 1.12. The Kier molecular flexibility index (Phi) is 4.76. The average Bonchev–Trinajstić information content (AvgIpc) is 1.83. The highest BCUT2D eigenvalue weighted by Gasteiger charge is 1.98. The highest BCUT2D eigenvalue weighted by molar-refractivity contribution is 7.78. The largest absolute Gasteiger partial charge is 0.303 e. The van der Waals surface area contributed by atoms with E-state index in [1.54, 1.807) is 5.37 Å². The van der Waals surface area contributed by atoms with Crippen LogP contribution in [0.15, 0.2) is 0 Å². The number of carbonyl (C=O) groups is 1. The number of hydrogen-bond donors (Lipinski definition) is 0. The highest BCUT2D eigenvalue weighted by Crippen LogP contribution is 2.00. The lowest BCUT2D eigenvalue weighted by atomic mass is 10.1. The summed E-state index contributed by atoms with van der Waals surface area (Å²) in [6, 6.07) is 0. The Hall–Kier alpha value is -0.240. The third-order valence-corrected chi connectivity index (χ3v) is 1.31. The van der Waals surface area contributed by atoms with Crippen LogP contribution in [0.4, 0.5) is 0 Å². The van der Waals surface area contributed by atoms with Crippen molar-refractivity contribution in [3.8, 4) is 0 Å². The van der Waals surface area contributed by atoms with Gasteiger partial charge in [-0.05, 0) is 18.2 Å². The molecular weight excluding hydrogens is 120 g/mol. The van der Waals surface area contributed by atoms with Crippen LogP contribution in [0.2, 0.25) is 0 Å². The number of thiocarbonyl (C=S) groups is 1. The van der Waals surface area contributed by atoms with Crippen molar-refractivity contribution in [2.75, 3.05) is 0 Å². The first-order chi connectivity index (χ1) is 3.85. The molecule has 0 aromatic carbocycles. The lowest BCUT2D eigenvalue weighted by molar-refractivity contribution is -0.110. The molecule has 0 bridgehead atoms. The molecule has 0 heterocycles. The first-order valence-corrected chi connectivity index (χ1v) is 3.21. The Labute approximate surface area is 55.1 Å². The van der Waals surface area contributed by atoms with Crippen molar-refractivity contribution in [2.45, 2.75) is 19.8 Å². The number of hydrogen-bond acceptors (Lipinski definition) is 2. The highest BCUT2D eigenvalue weighted by atomic mass is 32.1. The van der Waals surface area contributed by atoms with Gasteiger partial charge < -0.3 is 4.79 Å². The van der Waals surface area contributed by atoms with Crippen LogP contribution >= 0.6 is 12.2 Å². The molecule has 46 valence electrons. The van der Waals surface area contributed by atoms with Crippen LogP contribution in [-0.4, -0.2) is 11.7 Å². The standard InChI is InChI=1S/C6H10OS/c1-2-6(5-7)3-4-8/h4-6H,2-3H2,1H3. The molecule has 8 heavy (non-hydrogen) atoms. The van der Waals surface area contributed by atoms with Crippen LogP contribution in [0.25, 0.3) is 0 Å². The van der Waals surface area contributed by atoms with Crippen molar-refractivity contribution < 1.29 is 4.79 Å². The van der Waals surface area contributed by atoms with Gasteiger partial charge in [-0.25, -0.2) is 0 Å². The van der Waals surface area contributed by atoms with Gasteiger partial charge in [0, 0.05) is 5.92 Å². The van der Waals surface area contributed by atoms with E-state index in [9.17, 15) is 4.79 Å². The number of carbonyl (C=O) groups excluding carboxylic acids is 1. The van der Waals surface area contributed by atoms with Crippen molar-refractivity contribution in [3.63, 3.8) is 0 Å². The molecule has 0 aliphatic carbocycles. The van der Waals surface area contributed by atoms with Gasteiger partial charge in [0.2, 0.25) is 0 Å². The van der Waals surface area contributed by atoms with E-state index in [0.29, 0.717) is 0 Å². The van der Waals surface area contributed by atoms with Gasteiger partial charge in [-0.3, -0.25) is 0 Å². The van der Waals surface area contributed by atoms with E-state index < -0.39 is 0 Å². The van der Waals surface area contributed by atoms with Crippen molar-refractivity contribution in [2.24, 2.45) is 5.92 Å². The maximum Gasteiger partial charge on any atom is 0.123 e. The second kappa shape index (κ2) is 4.91. The zero-order valence-corrected chi connectivity index (χ0v) is 5.78. The molecule has 2 heteroatoms. The maximum atomic E-state index is 10.1. The molecule has 0 aliphatic rings. The molecule has 1 atom stereocenters. The first kappa shape index (κ1) is 7.76. The van der Waals surface area contributed by atoms with E-state index in [0.717, 1.165) is 19.1 Å². The summed E-state index contributed by atoms with van der Waals surface area (Å²) in [4.78, 5) is 10.1. The van der Waals surface area contributed by atoms with E-state index in [1.165, 1.54) is 0 Å². The van der Waals surface area contributed by atoms with Gasteiger partial charge in [0.1, 0.15) is 6.29 Å². The summed E-state index contributed by atoms with van der Waals surface area (Å²) in [7, 11) is 0. The summed E-state index contributed by atoms with van der Waals surface area (Å²) in [6.45, 7) is 1.98. The molecule has 0 N–H and O–H groups in total. The van der Waals surface area contributed by atoms with Crippen LogP contribution in [-0.2, 0) is 4.79 Å². The predicted octanol–water partition coefficient (Wildman–Crippen LogP) is 1.60. The number of rotatable bonds is 4. The normalized spacial score (nSPS) is 12.6. The third kappa shape index (κ3) is 2.86. The quantitative estimate of drug-likeness (QED) is 0.424. The van der Waals surface area contributed by atoms with Crippen LogP contribution in [0.1, 0.15) is 19.8 Å². The van der Waals surface area contributed by atoms with Gasteiger partial charge in [0.05, 0.1) is 0 Å². The fourth-order valence-corrected chi connectivity index (χ4v) is 0.689. The van der Waals surface area contributed by atoms with E-state index in [2.05, 4.69) is 12.2 Å². The molecule has 0 saturated heterocycles. The Balaban J connectivity index is 3.35. The molecule has 0 saturated carbocycles. The predicted molar refractivity (Wildman–Crippen MR) is 38.1 cm³/mol. The van der Waals surface area contributed by atoms with Gasteiger partial charge in [-0.1, -0.05) is 19.1 Å². The Bertz CT molecular complexity index is 80.6. The van der Waals surface area contributed by atoms with Gasteiger partial charge in [0.25, 0.3) is 0 Å². The Morgan fingerprint density at radius 1 is 1.75 bits per heavy atom. The van der Waals surface area contributed by atoms with Crippen molar-refractivity contribution in [1.82, 2.24) is 0 Å². The summed E-state index contributed by atoms with van der Waals surface area (Å²) in [5, 5.41) is 1.61. The molecule has 1 unspecified atom stereocenters. The van der Waals surface area contributed by atoms with Gasteiger partial charge in [0.15, 0.2) is 0 Å². The lowest BCUT2D eigenvalue weighted by Crippen LogP contribution is -1.98. The molecular formula is C6H10OS. The second-order valence-corrected chi connectivity index (χ2v) is 2.04. The van der Waals surface area contributed by atoms with Crippen LogP contribution in [0.5, 0.6) is 0 Å². The second-order valence-electron chi connectivity index (χ2n) is 1.71. The topological polar surface area (TPSA) is 17.1 Å². The van der Waals surface area contributed by atoms with Crippen molar-refractivity contribution in [1.29, 1.82) is 0 Å². The summed E-state index contributed by atoms with van der Waals surface area (Å²) in [6.07, 6.45) is 2.61. The fraction of sp³-hybridized carbons (Fsp3) is 0.667. The number of aldehydes is 1. The average molecular weight is 130 g/mol.